The Labute approximate surface area is 144 Å². The zero-order valence-electron chi connectivity index (χ0n) is 15.3. The Balaban J connectivity index is 1.68. The maximum Gasteiger partial charge on any atom is 0.317 e. The van der Waals surface area contributed by atoms with Crippen molar-refractivity contribution < 1.29 is 9.53 Å². The van der Waals surface area contributed by atoms with Crippen LogP contribution in [0.15, 0.2) is 0 Å². The van der Waals surface area contributed by atoms with Gasteiger partial charge >= 0.3 is 6.03 Å². The van der Waals surface area contributed by atoms with Crippen molar-refractivity contribution in [3.63, 3.8) is 0 Å². The lowest BCUT2D eigenvalue weighted by Gasteiger charge is -2.32. The molecule has 2 amide bonds. The van der Waals surface area contributed by atoms with Crippen molar-refractivity contribution in [3.8, 4) is 5.88 Å². The van der Waals surface area contributed by atoms with Crippen LogP contribution in [0.1, 0.15) is 50.8 Å². The van der Waals surface area contributed by atoms with Gasteiger partial charge in [0.25, 0.3) is 0 Å². The van der Waals surface area contributed by atoms with Gasteiger partial charge in [-0.2, -0.15) is 5.10 Å². The molecule has 3 rings (SSSR count). The number of methoxy groups -OCH3 is 1. The highest BCUT2D eigenvalue weighted by atomic mass is 16.5. The molecule has 1 saturated carbocycles. The van der Waals surface area contributed by atoms with E-state index in [1.54, 1.807) is 11.8 Å². The second-order valence-corrected chi connectivity index (χ2v) is 7.22. The monoisotopic (exact) mass is 334 g/mol. The van der Waals surface area contributed by atoms with Gasteiger partial charge in [-0.15, -0.1) is 0 Å². The number of fused-ring (bicyclic) bond motifs is 1. The molecule has 0 aromatic carbocycles. The highest BCUT2D eigenvalue weighted by Crippen LogP contribution is 2.39. The largest absolute Gasteiger partial charge is 0.481 e. The van der Waals surface area contributed by atoms with Crippen molar-refractivity contribution >= 4 is 6.03 Å². The molecule has 0 bridgehead atoms. The second-order valence-electron chi connectivity index (χ2n) is 7.22. The number of nitrogens with zero attached hydrogens (tertiary/aromatic N) is 3. The quantitative estimate of drug-likeness (QED) is 0.921. The van der Waals surface area contributed by atoms with E-state index in [1.165, 1.54) is 19.3 Å². The highest BCUT2D eigenvalue weighted by molar-refractivity contribution is 5.75. The van der Waals surface area contributed by atoms with Gasteiger partial charge in [0.15, 0.2) is 0 Å². The smallest absolute Gasteiger partial charge is 0.317 e. The summed E-state index contributed by atoms with van der Waals surface area (Å²) in [6.07, 6.45) is 5.81. The number of hydrogen-bond donors (Lipinski definition) is 1. The van der Waals surface area contributed by atoms with Gasteiger partial charge in [-0.1, -0.05) is 26.7 Å². The molecule has 1 aliphatic heterocycles. The van der Waals surface area contributed by atoms with Crippen LogP contribution in [0.2, 0.25) is 0 Å². The number of likely N-dealkylation sites (tertiary alicyclic amines) is 1. The molecule has 1 N–H and O–H groups in total. The van der Waals surface area contributed by atoms with Crippen LogP contribution in [0.3, 0.4) is 0 Å². The summed E-state index contributed by atoms with van der Waals surface area (Å²) in [4.78, 5) is 14.8. The van der Waals surface area contributed by atoms with Crippen LogP contribution in [-0.4, -0.2) is 40.4 Å². The average Bonchev–Trinajstić information content (AvgIpc) is 3.09. The van der Waals surface area contributed by atoms with E-state index >= 15 is 0 Å². The number of urea groups is 1. The molecule has 2 aliphatic rings. The summed E-state index contributed by atoms with van der Waals surface area (Å²) in [6, 6.07) is 0.486. The summed E-state index contributed by atoms with van der Waals surface area (Å²) in [5.74, 6) is 2.03. The molecule has 6 heteroatoms. The van der Waals surface area contributed by atoms with E-state index in [9.17, 15) is 4.79 Å². The third-order valence-electron chi connectivity index (χ3n) is 5.77. The lowest BCUT2D eigenvalue weighted by Crippen LogP contribution is -2.44. The van der Waals surface area contributed by atoms with Gasteiger partial charge < -0.3 is 15.0 Å². The third-order valence-corrected chi connectivity index (χ3v) is 5.77. The molecule has 2 heterocycles. The molecule has 3 atom stereocenters. The Bertz CT molecular complexity index is 598. The molecule has 1 aromatic rings. The number of carbonyl (C=O) groups is 1. The van der Waals surface area contributed by atoms with E-state index < -0.39 is 0 Å². The van der Waals surface area contributed by atoms with E-state index in [4.69, 9.17) is 4.74 Å². The van der Waals surface area contributed by atoms with Gasteiger partial charge in [-0.3, -0.25) is 0 Å². The van der Waals surface area contributed by atoms with Gasteiger partial charge in [-0.05, 0) is 31.1 Å². The van der Waals surface area contributed by atoms with E-state index in [-0.39, 0.29) is 6.03 Å². The van der Waals surface area contributed by atoms with Crippen LogP contribution in [0.5, 0.6) is 5.88 Å². The highest BCUT2D eigenvalue weighted by Gasteiger charge is 2.42. The average molecular weight is 334 g/mol. The zero-order valence-corrected chi connectivity index (χ0v) is 15.3. The number of nitrogens with one attached hydrogen (secondary N) is 1. The van der Waals surface area contributed by atoms with E-state index in [1.807, 2.05) is 7.05 Å². The van der Waals surface area contributed by atoms with Gasteiger partial charge in [0.1, 0.15) is 0 Å². The first-order valence-corrected chi connectivity index (χ1v) is 9.20. The van der Waals surface area contributed by atoms with Crippen LogP contribution >= 0.6 is 0 Å². The van der Waals surface area contributed by atoms with E-state index in [0.717, 1.165) is 36.5 Å². The number of aryl methyl sites for hydroxylation is 2. The number of aromatic nitrogens is 2. The van der Waals surface area contributed by atoms with Crippen LogP contribution < -0.4 is 10.1 Å². The van der Waals surface area contributed by atoms with Gasteiger partial charge in [0.2, 0.25) is 5.88 Å². The standard InChI is InChI=1S/C18H30N4O2/c1-5-15-14(17(24-4)21(3)20-15)10-19-18(23)22-11-12(2)13-8-6-7-9-16(13)22/h12-13,16H,5-11H2,1-4H3,(H,19,23). The van der Waals surface area contributed by atoms with Gasteiger partial charge in [0.05, 0.1) is 24.9 Å². The van der Waals surface area contributed by atoms with Gasteiger partial charge in [0, 0.05) is 19.6 Å². The minimum Gasteiger partial charge on any atom is -0.481 e. The Morgan fingerprint density at radius 1 is 1.38 bits per heavy atom. The fraction of sp³-hybridized carbons (Fsp3) is 0.778. The van der Waals surface area contributed by atoms with Crippen molar-refractivity contribution in [1.82, 2.24) is 20.0 Å². The summed E-state index contributed by atoms with van der Waals surface area (Å²) in [5, 5.41) is 7.59. The lowest BCUT2D eigenvalue weighted by atomic mass is 9.80. The molecule has 3 unspecified atom stereocenters. The summed E-state index contributed by atoms with van der Waals surface area (Å²) in [5.41, 5.74) is 1.98. The summed E-state index contributed by atoms with van der Waals surface area (Å²) in [7, 11) is 3.52. The molecular formula is C18H30N4O2. The second kappa shape index (κ2) is 7.03. The molecule has 6 nitrogen and oxygen atoms in total. The van der Waals surface area contributed by atoms with Crippen molar-refractivity contribution in [2.24, 2.45) is 18.9 Å². The molecule has 0 radical (unpaired) electrons. The SMILES string of the molecule is CCc1nn(C)c(OC)c1CNC(=O)N1CC(C)C2CCCCC21. The molecule has 0 spiro atoms. The Kier molecular flexibility index (Phi) is 5.01. The number of hydrogen-bond acceptors (Lipinski definition) is 3. The minimum atomic E-state index is 0.0595. The van der Waals surface area contributed by atoms with Crippen LogP contribution in [-0.2, 0) is 20.0 Å². The van der Waals surface area contributed by atoms with Gasteiger partial charge in [-0.25, -0.2) is 9.48 Å². The van der Waals surface area contributed by atoms with Crippen molar-refractivity contribution in [3.05, 3.63) is 11.3 Å². The number of ether oxygens (including phenoxy) is 1. The van der Waals surface area contributed by atoms with E-state index in [2.05, 4.69) is 29.2 Å². The molecular weight excluding hydrogens is 304 g/mol. The fourth-order valence-electron chi connectivity index (χ4n) is 4.59. The first kappa shape index (κ1) is 17.1. The van der Waals surface area contributed by atoms with Crippen LogP contribution in [0.4, 0.5) is 4.79 Å². The first-order chi connectivity index (χ1) is 11.6. The molecule has 24 heavy (non-hydrogen) atoms. The Morgan fingerprint density at radius 3 is 2.83 bits per heavy atom. The minimum absolute atomic E-state index is 0.0595. The Morgan fingerprint density at radius 2 is 2.12 bits per heavy atom. The lowest BCUT2D eigenvalue weighted by molar-refractivity contribution is 0.168. The first-order valence-electron chi connectivity index (χ1n) is 9.20. The third kappa shape index (κ3) is 2.98. The predicted octanol–water partition coefficient (Wildman–Crippen LogP) is 2.71. The summed E-state index contributed by atoms with van der Waals surface area (Å²) >= 11 is 0. The topological polar surface area (TPSA) is 59.4 Å². The molecule has 134 valence electrons. The maximum atomic E-state index is 12.8. The molecule has 1 saturated heterocycles. The maximum absolute atomic E-state index is 12.8. The van der Waals surface area contributed by atoms with Crippen LogP contribution in [0, 0.1) is 11.8 Å². The number of rotatable bonds is 4. The van der Waals surface area contributed by atoms with E-state index in [0.29, 0.717) is 24.4 Å². The zero-order chi connectivity index (χ0) is 17.3. The predicted molar refractivity (Wildman–Crippen MR) is 93.0 cm³/mol. The normalized spacial score (nSPS) is 26.3. The Hall–Kier alpha value is -1.72. The fourth-order valence-corrected chi connectivity index (χ4v) is 4.59. The molecule has 1 aromatic heterocycles. The number of carbonyl (C=O) groups excluding carboxylic acids is 1. The van der Waals surface area contributed by atoms with Crippen molar-refractivity contribution in [1.29, 1.82) is 0 Å². The van der Waals surface area contributed by atoms with Crippen molar-refractivity contribution in [2.75, 3.05) is 13.7 Å². The van der Waals surface area contributed by atoms with Crippen LogP contribution in [0.25, 0.3) is 0 Å². The van der Waals surface area contributed by atoms with Crippen molar-refractivity contribution in [2.45, 2.75) is 58.5 Å². The summed E-state index contributed by atoms with van der Waals surface area (Å²) < 4.78 is 7.20. The number of amides is 2. The molecule has 2 fully saturated rings. The summed E-state index contributed by atoms with van der Waals surface area (Å²) in [6.45, 7) is 5.71. The molecule has 1 aliphatic carbocycles.